The van der Waals surface area contributed by atoms with Gasteiger partial charge in [0, 0.05) is 18.9 Å². The number of hydrogen-bond acceptors (Lipinski definition) is 4. The van der Waals surface area contributed by atoms with Gasteiger partial charge in [-0.2, -0.15) is 0 Å². The van der Waals surface area contributed by atoms with Crippen molar-refractivity contribution in [2.24, 2.45) is 0 Å². The highest BCUT2D eigenvalue weighted by atomic mass is 16.4. The monoisotopic (exact) mass is 231 g/mol. The minimum atomic E-state index is -1.27. The van der Waals surface area contributed by atoms with Crippen molar-refractivity contribution in [3.63, 3.8) is 0 Å². The molecule has 0 saturated heterocycles. The number of carboxylic acid groups (broad SMARTS) is 1. The Labute approximate surface area is 95.9 Å². The molecule has 0 aliphatic carbocycles. The Morgan fingerprint density at radius 2 is 2.35 bits per heavy atom. The summed E-state index contributed by atoms with van der Waals surface area (Å²) >= 11 is 0. The van der Waals surface area contributed by atoms with Gasteiger partial charge >= 0.3 is 5.97 Å². The molecular weight excluding hydrogens is 222 g/mol. The molecule has 6 heteroatoms. The fraction of sp³-hybridized carbons (Fsp3) is 0.0909. The Bertz CT molecular complexity index is 661. The van der Waals surface area contributed by atoms with Gasteiger partial charge < -0.3 is 9.67 Å². The number of pyridine rings is 1. The maximum Gasteiger partial charge on any atom is 0.341 e. The van der Waals surface area contributed by atoms with Crippen LogP contribution in [-0.4, -0.2) is 25.6 Å². The summed E-state index contributed by atoms with van der Waals surface area (Å²) in [6, 6.07) is 0. The second-order valence-corrected chi connectivity index (χ2v) is 3.38. The van der Waals surface area contributed by atoms with Gasteiger partial charge in [-0.25, -0.2) is 14.8 Å². The fourth-order valence-electron chi connectivity index (χ4n) is 1.56. The quantitative estimate of drug-likeness (QED) is 0.785. The van der Waals surface area contributed by atoms with Crippen LogP contribution in [0.5, 0.6) is 0 Å². The number of aromatic nitrogens is 3. The number of carboxylic acids is 1. The van der Waals surface area contributed by atoms with E-state index in [9.17, 15) is 9.59 Å². The Hall–Kier alpha value is -2.50. The predicted octanol–water partition coefficient (Wildman–Crippen LogP) is 0.676. The van der Waals surface area contributed by atoms with Crippen LogP contribution in [0.25, 0.3) is 11.0 Å². The number of nitrogens with zero attached hydrogens (tertiary/aromatic N) is 3. The van der Waals surface area contributed by atoms with Crippen LogP contribution in [0.1, 0.15) is 10.4 Å². The molecule has 0 aliphatic heterocycles. The van der Waals surface area contributed by atoms with Crippen molar-refractivity contribution < 1.29 is 9.90 Å². The summed E-state index contributed by atoms with van der Waals surface area (Å²) in [5.74, 6) is -1.27. The SMILES string of the molecule is C=CCn1cc(C(=O)O)c(=O)c2cncnc21. The molecule has 0 spiro atoms. The van der Waals surface area contributed by atoms with Crippen molar-refractivity contribution in [3.8, 4) is 0 Å². The summed E-state index contributed by atoms with van der Waals surface area (Å²) in [5, 5.41) is 9.13. The largest absolute Gasteiger partial charge is 0.477 e. The van der Waals surface area contributed by atoms with Crippen LogP contribution in [0.2, 0.25) is 0 Å². The Morgan fingerprint density at radius 3 is 3.00 bits per heavy atom. The van der Waals surface area contributed by atoms with Gasteiger partial charge in [-0.15, -0.1) is 6.58 Å². The first-order valence-electron chi connectivity index (χ1n) is 4.82. The predicted molar refractivity (Wildman–Crippen MR) is 61.0 cm³/mol. The smallest absolute Gasteiger partial charge is 0.341 e. The average Bonchev–Trinajstić information content (AvgIpc) is 2.33. The first-order chi connectivity index (χ1) is 8.15. The molecule has 0 fully saturated rings. The minimum Gasteiger partial charge on any atom is -0.477 e. The third kappa shape index (κ3) is 1.80. The highest BCUT2D eigenvalue weighted by molar-refractivity contribution is 5.91. The zero-order valence-electron chi connectivity index (χ0n) is 8.83. The van der Waals surface area contributed by atoms with Crippen molar-refractivity contribution in [1.29, 1.82) is 0 Å². The molecule has 2 aromatic heterocycles. The number of carbonyl (C=O) groups is 1. The first-order valence-corrected chi connectivity index (χ1v) is 4.82. The van der Waals surface area contributed by atoms with Crippen molar-refractivity contribution in [1.82, 2.24) is 14.5 Å². The zero-order chi connectivity index (χ0) is 12.4. The lowest BCUT2D eigenvalue weighted by Crippen LogP contribution is -2.19. The lowest BCUT2D eigenvalue weighted by Gasteiger charge is -2.08. The summed E-state index contributed by atoms with van der Waals surface area (Å²) in [7, 11) is 0. The van der Waals surface area contributed by atoms with E-state index in [0.29, 0.717) is 12.2 Å². The molecule has 2 rings (SSSR count). The third-order valence-corrected chi connectivity index (χ3v) is 2.29. The molecule has 0 bridgehead atoms. The van der Waals surface area contributed by atoms with E-state index >= 15 is 0 Å². The maximum absolute atomic E-state index is 11.8. The van der Waals surface area contributed by atoms with Gasteiger partial charge in [-0.1, -0.05) is 6.08 Å². The Balaban J connectivity index is 2.89. The molecule has 2 aromatic rings. The molecular formula is C11H9N3O3. The summed E-state index contributed by atoms with van der Waals surface area (Å²) in [6.45, 7) is 3.94. The van der Waals surface area contributed by atoms with Crippen LogP contribution in [0.3, 0.4) is 0 Å². The van der Waals surface area contributed by atoms with E-state index in [1.807, 2.05) is 0 Å². The number of hydrogen-bond donors (Lipinski definition) is 1. The Kier molecular flexibility index (Phi) is 2.70. The normalized spacial score (nSPS) is 10.4. The van der Waals surface area contributed by atoms with Crippen LogP contribution in [0.4, 0.5) is 0 Å². The Morgan fingerprint density at radius 1 is 1.59 bits per heavy atom. The van der Waals surface area contributed by atoms with Gasteiger partial charge in [0.2, 0.25) is 5.43 Å². The van der Waals surface area contributed by atoms with Crippen molar-refractivity contribution in [2.45, 2.75) is 6.54 Å². The highest BCUT2D eigenvalue weighted by Crippen LogP contribution is 2.07. The second kappa shape index (κ2) is 4.17. The molecule has 0 aromatic carbocycles. The van der Waals surface area contributed by atoms with Crippen molar-refractivity contribution in [2.75, 3.05) is 0 Å². The van der Waals surface area contributed by atoms with E-state index < -0.39 is 11.4 Å². The molecule has 0 radical (unpaired) electrons. The van der Waals surface area contributed by atoms with Gasteiger partial charge in [0.05, 0.1) is 5.39 Å². The second-order valence-electron chi connectivity index (χ2n) is 3.38. The summed E-state index contributed by atoms with van der Waals surface area (Å²) < 4.78 is 1.55. The summed E-state index contributed by atoms with van der Waals surface area (Å²) in [6.07, 6.45) is 5.48. The third-order valence-electron chi connectivity index (χ3n) is 2.29. The molecule has 6 nitrogen and oxygen atoms in total. The molecule has 2 heterocycles. The molecule has 86 valence electrons. The van der Waals surface area contributed by atoms with Gasteiger partial charge in [-0.3, -0.25) is 4.79 Å². The summed E-state index contributed by atoms with van der Waals surface area (Å²) in [4.78, 5) is 30.5. The van der Waals surface area contributed by atoms with Crippen LogP contribution >= 0.6 is 0 Å². The number of fused-ring (bicyclic) bond motifs is 1. The topological polar surface area (TPSA) is 85.1 Å². The van der Waals surface area contributed by atoms with Crippen molar-refractivity contribution >= 4 is 17.0 Å². The van der Waals surface area contributed by atoms with E-state index in [1.54, 1.807) is 10.6 Å². The molecule has 0 amide bonds. The fourth-order valence-corrected chi connectivity index (χ4v) is 1.56. The molecule has 0 saturated carbocycles. The minimum absolute atomic E-state index is 0.189. The van der Waals surface area contributed by atoms with Gasteiger partial charge in [0.15, 0.2) is 0 Å². The lowest BCUT2D eigenvalue weighted by atomic mass is 10.2. The molecule has 1 N–H and O–H groups in total. The summed E-state index contributed by atoms with van der Waals surface area (Å²) in [5.41, 5.74) is -0.475. The standard InChI is InChI=1S/C11H9N3O3/c1-2-3-14-5-8(11(16)17)9(15)7-4-12-6-13-10(7)14/h2,4-6H,1,3H2,(H,16,17). The molecule has 0 atom stereocenters. The van der Waals surface area contributed by atoms with Crippen LogP contribution in [0, 0.1) is 0 Å². The average molecular weight is 231 g/mol. The van der Waals surface area contributed by atoms with Crippen LogP contribution < -0.4 is 5.43 Å². The van der Waals surface area contributed by atoms with E-state index in [2.05, 4.69) is 16.5 Å². The van der Waals surface area contributed by atoms with Gasteiger partial charge in [0.1, 0.15) is 17.5 Å². The lowest BCUT2D eigenvalue weighted by molar-refractivity contribution is 0.0695. The molecule has 0 unspecified atom stereocenters. The van der Waals surface area contributed by atoms with E-state index in [4.69, 9.17) is 5.11 Å². The van der Waals surface area contributed by atoms with Crippen LogP contribution in [-0.2, 0) is 6.54 Å². The van der Waals surface area contributed by atoms with Gasteiger partial charge in [0.25, 0.3) is 0 Å². The van der Waals surface area contributed by atoms with Gasteiger partial charge in [-0.05, 0) is 0 Å². The van der Waals surface area contributed by atoms with E-state index in [0.717, 1.165) is 0 Å². The zero-order valence-corrected chi connectivity index (χ0v) is 8.83. The van der Waals surface area contributed by atoms with Crippen LogP contribution in [0.15, 0.2) is 36.2 Å². The number of rotatable bonds is 3. The maximum atomic E-state index is 11.8. The van der Waals surface area contributed by atoms with E-state index in [-0.39, 0.29) is 10.9 Å². The highest BCUT2D eigenvalue weighted by Gasteiger charge is 2.14. The molecule has 17 heavy (non-hydrogen) atoms. The number of allylic oxidation sites excluding steroid dienone is 1. The number of aromatic carboxylic acids is 1. The first kappa shape index (κ1) is 11.0. The molecule has 0 aliphatic rings. The van der Waals surface area contributed by atoms with E-state index in [1.165, 1.54) is 18.7 Å². The van der Waals surface area contributed by atoms with Crippen molar-refractivity contribution in [3.05, 3.63) is 47.2 Å².